The van der Waals surface area contributed by atoms with Crippen LogP contribution in [0.25, 0.3) is 0 Å². The average Bonchev–Trinajstić information content (AvgIpc) is 2.85. The molecular weight excluding hydrogens is 208 g/mol. The molecule has 0 amide bonds. The first-order chi connectivity index (χ1) is 7.79. The summed E-state index contributed by atoms with van der Waals surface area (Å²) in [5, 5.41) is 7.07. The Morgan fingerprint density at radius 1 is 1.56 bits per heavy atom. The summed E-state index contributed by atoms with van der Waals surface area (Å²) in [6.07, 6.45) is 3.24. The van der Waals surface area contributed by atoms with E-state index >= 15 is 0 Å². The highest BCUT2D eigenvalue weighted by atomic mass is 16.5. The molecule has 0 fully saturated rings. The zero-order valence-electron chi connectivity index (χ0n) is 9.30. The minimum Gasteiger partial charge on any atom is -0.465 e. The zero-order chi connectivity index (χ0) is 11.4. The molecular formula is C10H14N4O2. The molecule has 6 nitrogen and oxygen atoms in total. The number of nitrogens with one attached hydrogen (secondary N) is 1. The molecule has 6 heteroatoms. The maximum absolute atomic E-state index is 5.39. The highest BCUT2D eigenvalue weighted by molar-refractivity contribution is 5.16. The molecule has 0 saturated heterocycles. The van der Waals surface area contributed by atoms with E-state index in [1.807, 2.05) is 13.1 Å². The van der Waals surface area contributed by atoms with E-state index in [0.29, 0.717) is 12.6 Å². The average molecular weight is 222 g/mol. The fourth-order valence-corrected chi connectivity index (χ4v) is 1.36. The Bertz CT molecular complexity index is 449. The van der Waals surface area contributed by atoms with Gasteiger partial charge in [0.25, 0.3) is 0 Å². The van der Waals surface area contributed by atoms with Gasteiger partial charge in [0, 0.05) is 19.2 Å². The van der Waals surface area contributed by atoms with Crippen LogP contribution in [0, 0.1) is 0 Å². The van der Waals surface area contributed by atoms with Gasteiger partial charge in [0.1, 0.15) is 18.7 Å². The largest absolute Gasteiger partial charge is 0.465 e. The molecule has 0 aromatic carbocycles. The molecule has 0 atom stereocenters. The van der Waals surface area contributed by atoms with Gasteiger partial charge in [0.2, 0.25) is 0 Å². The third-order valence-corrected chi connectivity index (χ3v) is 2.12. The van der Waals surface area contributed by atoms with Gasteiger partial charge in [0.05, 0.1) is 6.26 Å². The van der Waals surface area contributed by atoms with Gasteiger partial charge in [-0.15, -0.1) is 5.10 Å². The van der Waals surface area contributed by atoms with Crippen LogP contribution in [-0.4, -0.2) is 21.8 Å². The Hall–Kier alpha value is -1.82. The van der Waals surface area contributed by atoms with Crippen molar-refractivity contribution in [2.75, 3.05) is 7.05 Å². The van der Waals surface area contributed by atoms with E-state index in [2.05, 4.69) is 15.4 Å². The van der Waals surface area contributed by atoms with E-state index in [1.54, 1.807) is 24.3 Å². The fourth-order valence-electron chi connectivity index (χ4n) is 1.36. The number of aromatic nitrogens is 3. The van der Waals surface area contributed by atoms with E-state index in [1.165, 1.54) is 0 Å². The van der Waals surface area contributed by atoms with Crippen molar-refractivity contribution in [3.8, 4) is 6.01 Å². The molecule has 2 aromatic heterocycles. The van der Waals surface area contributed by atoms with Gasteiger partial charge in [-0.2, -0.15) is 4.98 Å². The van der Waals surface area contributed by atoms with Crippen LogP contribution in [0.3, 0.4) is 0 Å². The Morgan fingerprint density at radius 3 is 3.12 bits per heavy atom. The van der Waals surface area contributed by atoms with Crippen LogP contribution in [0.15, 0.2) is 23.1 Å². The van der Waals surface area contributed by atoms with Crippen LogP contribution in [-0.2, 0) is 20.2 Å². The molecule has 0 bridgehead atoms. The molecule has 16 heavy (non-hydrogen) atoms. The van der Waals surface area contributed by atoms with Gasteiger partial charge >= 0.3 is 6.01 Å². The minimum atomic E-state index is 0.341. The molecule has 2 aromatic rings. The summed E-state index contributed by atoms with van der Waals surface area (Å²) >= 11 is 0. The molecule has 0 unspecified atom stereocenters. The van der Waals surface area contributed by atoms with Crippen LogP contribution in [0.2, 0.25) is 0 Å². The predicted molar refractivity (Wildman–Crippen MR) is 56.8 cm³/mol. The summed E-state index contributed by atoms with van der Waals surface area (Å²) in [4.78, 5) is 3.96. The lowest BCUT2D eigenvalue weighted by atomic mass is 10.2. The lowest BCUT2D eigenvalue weighted by Gasteiger charge is -2.02. The molecule has 2 rings (SSSR count). The number of furan rings is 1. The van der Waals surface area contributed by atoms with E-state index < -0.39 is 0 Å². The summed E-state index contributed by atoms with van der Waals surface area (Å²) in [6.45, 7) is 1.10. The van der Waals surface area contributed by atoms with Gasteiger partial charge in [-0.25, -0.2) is 0 Å². The quantitative estimate of drug-likeness (QED) is 0.807. The van der Waals surface area contributed by atoms with Crippen molar-refractivity contribution in [1.82, 2.24) is 20.1 Å². The zero-order valence-corrected chi connectivity index (χ0v) is 9.30. The Kier molecular flexibility index (Phi) is 3.21. The Balaban J connectivity index is 1.96. The van der Waals surface area contributed by atoms with Crippen LogP contribution in [0.5, 0.6) is 6.01 Å². The number of aryl methyl sites for hydroxylation is 1. The molecule has 86 valence electrons. The van der Waals surface area contributed by atoms with Crippen molar-refractivity contribution in [2.24, 2.45) is 7.05 Å². The van der Waals surface area contributed by atoms with Crippen molar-refractivity contribution in [3.05, 3.63) is 30.0 Å². The smallest absolute Gasteiger partial charge is 0.335 e. The summed E-state index contributed by atoms with van der Waals surface area (Å²) in [5.41, 5.74) is 1.08. The second-order valence-electron chi connectivity index (χ2n) is 3.39. The van der Waals surface area contributed by atoms with Crippen molar-refractivity contribution in [3.63, 3.8) is 0 Å². The van der Waals surface area contributed by atoms with E-state index in [4.69, 9.17) is 9.15 Å². The number of hydrogen-bond donors (Lipinski definition) is 1. The normalized spacial score (nSPS) is 10.6. The van der Waals surface area contributed by atoms with Crippen molar-refractivity contribution in [2.45, 2.75) is 13.2 Å². The van der Waals surface area contributed by atoms with Crippen LogP contribution in [0.1, 0.15) is 11.3 Å². The molecule has 0 radical (unpaired) electrons. The number of nitrogens with zero attached hydrogens (tertiary/aromatic N) is 3. The van der Waals surface area contributed by atoms with E-state index in [0.717, 1.165) is 17.9 Å². The second-order valence-corrected chi connectivity index (χ2v) is 3.39. The Morgan fingerprint density at radius 2 is 2.44 bits per heavy atom. The molecule has 0 aliphatic heterocycles. The van der Waals surface area contributed by atoms with Crippen molar-refractivity contribution in [1.29, 1.82) is 0 Å². The summed E-state index contributed by atoms with van der Waals surface area (Å²) in [7, 11) is 3.68. The molecule has 0 spiro atoms. The Labute approximate surface area is 93.2 Å². The highest BCUT2D eigenvalue weighted by Gasteiger charge is 2.07. The summed E-state index contributed by atoms with van der Waals surface area (Å²) in [5.74, 6) is 0.793. The summed E-state index contributed by atoms with van der Waals surface area (Å²) in [6, 6.07) is 2.27. The van der Waals surface area contributed by atoms with Gasteiger partial charge < -0.3 is 14.5 Å². The third-order valence-electron chi connectivity index (χ3n) is 2.12. The monoisotopic (exact) mass is 222 g/mol. The van der Waals surface area contributed by atoms with Gasteiger partial charge in [0.15, 0.2) is 0 Å². The first kappa shape index (κ1) is 10.7. The summed E-state index contributed by atoms with van der Waals surface area (Å²) < 4.78 is 12.3. The van der Waals surface area contributed by atoms with Crippen molar-refractivity contribution < 1.29 is 9.15 Å². The van der Waals surface area contributed by atoms with Crippen LogP contribution in [0.4, 0.5) is 0 Å². The second kappa shape index (κ2) is 4.80. The highest BCUT2D eigenvalue weighted by Crippen LogP contribution is 2.12. The first-order valence-corrected chi connectivity index (χ1v) is 4.98. The molecule has 0 saturated carbocycles. The molecule has 1 N–H and O–H groups in total. The first-order valence-electron chi connectivity index (χ1n) is 4.98. The van der Waals surface area contributed by atoms with Gasteiger partial charge in [-0.05, 0) is 13.1 Å². The number of rotatable bonds is 5. The fraction of sp³-hybridized carbons (Fsp3) is 0.400. The lowest BCUT2D eigenvalue weighted by Crippen LogP contribution is -2.07. The van der Waals surface area contributed by atoms with Crippen molar-refractivity contribution >= 4 is 0 Å². The van der Waals surface area contributed by atoms with Crippen LogP contribution < -0.4 is 10.1 Å². The molecule has 0 aliphatic carbocycles. The third kappa shape index (κ3) is 2.40. The predicted octanol–water partition coefficient (Wildman–Crippen LogP) is 0.706. The standard InChI is InChI=1S/C10H14N4O2/c1-11-5-8-3-4-15-9(8)6-16-10-12-7-14(2)13-10/h3-4,7,11H,5-6H2,1-2H3. The maximum Gasteiger partial charge on any atom is 0.335 e. The number of hydrogen-bond acceptors (Lipinski definition) is 5. The minimum absolute atomic E-state index is 0.341. The van der Waals surface area contributed by atoms with Gasteiger partial charge in [-0.1, -0.05) is 0 Å². The number of ether oxygens (including phenoxy) is 1. The van der Waals surface area contributed by atoms with E-state index in [9.17, 15) is 0 Å². The SMILES string of the molecule is CNCc1ccoc1COc1ncn(C)n1. The topological polar surface area (TPSA) is 65.1 Å². The molecule has 0 aliphatic rings. The lowest BCUT2D eigenvalue weighted by molar-refractivity contribution is 0.248. The van der Waals surface area contributed by atoms with Gasteiger partial charge in [-0.3, -0.25) is 4.68 Å². The maximum atomic E-state index is 5.39. The van der Waals surface area contributed by atoms with E-state index in [-0.39, 0.29) is 0 Å². The molecule has 2 heterocycles. The van der Waals surface area contributed by atoms with Crippen LogP contribution >= 0.6 is 0 Å².